The zero-order valence-corrected chi connectivity index (χ0v) is 12.5. The van der Waals surface area contributed by atoms with Crippen molar-refractivity contribution in [3.8, 4) is 11.8 Å². The van der Waals surface area contributed by atoms with Crippen molar-refractivity contribution < 1.29 is 9.90 Å². The van der Waals surface area contributed by atoms with E-state index in [0.29, 0.717) is 11.3 Å². The van der Waals surface area contributed by atoms with Gasteiger partial charge >= 0.3 is 0 Å². The number of carbonyl (C=O) groups is 1. The van der Waals surface area contributed by atoms with Crippen LogP contribution in [0.5, 0.6) is 0 Å². The highest BCUT2D eigenvalue weighted by Gasteiger charge is 2.13. The summed E-state index contributed by atoms with van der Waals surface area (Å²) in [5.74, 6) is 5.63. The summed E-state index contributed by atoms with van der Waals surface area (Å²) < 4.78 is 0. The van der Waals surface area contributed by atoms with Gasteiger partial charge < -0.3 is 10.4 Å². The second-order valence-electron chi connectivity index (χ2n) is 4.39. The minimum atomic E-state index is -0.148. The molecule has 0 bridgehead atoms. The van der Waals surface area contributed by atoms with Crippen LogP contribution in [0, 0.1) is 11.8 Å². The number of amides is 1. The molecule has 0 fully saturated rings. The molecule has 1 amide bonds. The van der Waals surface area contributed by atoms with Crippen LogP contribution in [0.25, 0.3) is 0 Å². The Hall–Kier alpha value is -2.16. The van der Waals surface area contributed by atoms with E-state index in [4.69, 9.17) is 5.11 Å². The third-order valence-corrected chi connectivity index (χ3v) is 3.76. The van der Waals surface area contributed by atoms with E-state index in [1.807, 2.05) is 31.2 Å². The van der Waals surface area contributed by atoms with Crippen molar-refractivity contribution in [3.63, 3.8) is 0 Å². The molecule has 2 aromatic rings. The van der Waals surface area contributed by atoms with Gasteiger partial charge in [-0.2, -0.15) is 0 Å². The molecule has 1 unspecified atom stereocenters. The first-order chi connectivity index (χ1) is 10.2. The molecular weight excluding hydrogens is 284 g/mol. The minimum absolute atomic E-state index is 0.0489. The van der Waals surface area contributed by atoms with E-state index in [0.717, 1.165) is 10.6 Å². The minimum Gasteiger partial charge on any atom is -0.395 e. The van der Waals surface area contributed by atoms with Crippen molar-refractivity contribution >= 4 is 17.2 Å². The number of hydrogen-bond acceptors (Lipinski definition) is 4. The van der Waals surface area contributed by atoms with Crippen molar-refractivity contribution in [2.75, 3.05) is 6.61 Å². The summed E-state index contributed by atoms with van der Waals surface area (Å²) in [6.07, 6.45) is 2.15. The summed E-state index contributed by atoms with van der Waals surface area (Å²) in [7, 11) is 0. The van der Waals surface area contributed by atoms with Gasteiger partial charge in [-0.25, -0.2) is 0 Å². The Kier molecular flexibility index (Phi) is 5.50. The smallest absolute Gasteiger partial charge is 0.261 e. The number of thiophene rings is 1. The molecule has 0 radical (unpaired) electrons. The highest BCUT2D eigenvalue weighted by atomic mass is 32.1. The van der Waals surface area contributed by atoms with Gasteiger partial charge in [0.05, 0.1) is 28.1 Å². The van der Waals surface area contributed by atoms with E-state index < -0.39 is 0 Å². The maximum absolute atomic E-state index is 12.2. The molecule has 0 aliphatic rings. The topological polar surface area (TPSA) is 62.2 Å². The van der Waals surface area contributed by atoms with Crippen molar-refractivity contribution in [2.24, 2.45) is 0 Å². The second kappa shape index (κ2) is 7.58. The first-order valence-electron chi connectivity index (χ1n) is 6.62. The zero-order valence-electron chi connectivity index (χ0n) is 11.7. The highest BCUT2D eigenvalue weighted by molar-refractivity contribution is 7.14. The highest BCUT2D eigenvalue weighted by Crippen LogP contribution is 2.17. The number of carbonyl (C=O) groups excluding carboxylic acids is 1. The quantitative estimate of drug-likeness (QED) is 0.852. The van der Waals surface area contributed by atoms with E-state index in [2.05, 4.69) is 22.1 Å². The third-order valence-electron chi connectivity index (χ3n) is 2.76. The molecule has 5 heteroatoms. The van der Waals surface area contributed by atoms with E-state index in [1.54, 1.807) is 12.3 Å². The van der Waals surface area contributed by atoms with Crippen LogP contribution < -0.4 is 5.32 Å². The molecule has 108 valence electrons. The molecule has 0 saturated heterocycles. The maximum Gasteiger partial charge on any atom is 0.261 e. The Balaban J connectivity index is 1.99. The molecule has 2 rings (SSSR count). The number of hydrogen-bond donors (Lipinski definition) is 2. The number of aliphatic hydroxyl groups is 1. The Morgan fingerprint density at radius 3 is 3.00 bits per heavy atom. The molecule has 2 N–H and O–H groups in total. The third kappa shape index (κ3) is 4.42. The maximum atomic E-state index is 12.2. The largest absolute Gasteiger partial charge is 0.395 e. The fourth-order valence-corrected chi connectivity index (χ4v) is 2.49. The number of aliphatic hydroxyl groups excluding tert-OH is 1. The van der Waals surface area contributed by atoms with Crippen molar-refractivity contribution in [2.45, 2.75) is 19.4 Å². The van der Waals surface area contributed by atoms with E-state index in [9.17, 15) is 4.79 Å². The molecule has 0 aromatic carbocycles. The summed E-state index contributed by atoms with van der Waals surface area (Å²) in [6.45, 7) is 1.95. The molecule has 2 heterocycles. The Labute approximate surface area is 127 Å². The van der Waals surface area contributed by atoms with Gasteiger partial charge in [0.2, 0.25) is 0 Å². The number of aromatic nitrogens is 1. The lowest BCUT2D eigenvalue weighted by Crippen LogP contribution is -2.26. The van der Waals surface area contributed by atoms with E-state index in [-0.39, 0.29) is 18.6 Å². The van der Waals surface area contributed by atoms with Crippen molar-refractivity contribution in [1.82, 2.24) is 10.3 Å². The Morgan fingerprint density at radius 2 is 2.29 bits per heavy atom. The van der Waals surface area contributed by atoms with Gasteiger partial charge in [-0.15, -0.1) is 11.3 Å². The van der Waals surface area contributed by atoms with Crippen molar-refractivity contribution in [1.29, 1.82) is 0 Å². The molecule has 0 aliphatic heterocycles. The lowest BCUT2D eigenvalue weighted by atomic mass is 10.2. The van der Waals surface area contributed by atoms with Crippen LogP contribution in [0.4, 0.5) is 0 Å². The molecule has 0 saturated carbocycles. The monoisotopic (exact) mass is 300 g/mol. The van der Waals surface area contributed by atoms with Gasteiger partial charge in [0.15, 0.2) is 0 Å². The Morgan fingerprint density at radius 1 is 1.43 bits per heavy atom. The second-order valence-corrected chi connectivity index (χ2v) is 5.47. The molecule has 21 heavy (non-hydrogen) atoms. The van der Waals surface area contributed by atoms with Gasteiger partial charge in [0.1, 0.15) is 0 Å². The molecule has 0 spiro atoms. The Bertz CT molecular complexity index is 656. The summed E-state index contributed by atoms with van der Waals surface area (Å²) >= 11 is 1.34. The van der Waals surface area contributed by atoms with Gasteiger partial charge in [-0.05, 0) is 31.2 Å². The fourth-order valence-electron chi connectivity index (χ4n) is 1.71. The first kappa shape index (κ1) is 15.2. The predicted octanol–water partition coefficient (Wildman–Crippen LogP) is 2.37. The normalized spacial score (nSPS) is 11.3. The fraction of sp³-hybridized carbons (Fsp3) is 0.250. The number of rotatable bonds is 4. The van der Waals surface area contributed by atoms with Crippen LogP contribution >= 0.6 is 11.3 Å². The van der Waals surface area contributed by atoms with Crippen molar-refractivity contribution in [3.05, 3.63) is 52.0 Å². The summed E-state index contributed by atoms with van der Waals surface area (Å²) in [5, 5.41) is 11.6. The number of nitrogens with one attached hydrogen (secondary N) is 1. The molecule has 1 atom stereocenters. The van der Waals surface area contributed by atoms with Gasteiger partial charge in [-0.3, -0.25) is 9.78 Å². The average molecular weight is 300 g/mol. The lowest BCUT2D eigenvalue weighted by molar-refractivity contribution is 0.0943. The molecule has 0 aliphatic carbocycles. The molecular formula is C16H16N2O2S. The van der Waals surface area contributed by atoms with Crippen LogP contribution in [0.3, 0.4) is 0 Å². The SMILES string of the molecule is CC(NC(=O)c1ccc(C#CCCO)s1)c1ccccn1. The lowest BCUT2D eigenvalue weighted by Gasteiger charge is -2.12. The van der Waals surface area contributed by atoms with Gasteiger partial charge in [0, 0.05) is 12.6 Å². The van der Waals surface area contributed by atoms with Gasteiger partial charge in [0.25, 0.3) is 5.91 Å². The van der Waals surface area contributed by atoms with E-state index >= 15 is 0 Å². The number of pyridine rings is 1. The van der Waals surface area contributed by atoms with Gasteiger partial charge in [-0.1, -0.05) is 17.9 Å². The van der Waals surface area contributed by atoms with Crippen LogP contribution in [-0.2, 0) is 0 Å². The summed E-state index contributed by atoms with van der Waals surface area (Å²) in [4.78, 5) is 17.8. The van der Waals surface area contributed by atoms with Crippen LogP contribution in [0.1, 0.15) is 39.6 Å². The predicted molar refractivity (Wildman–Crippen MR) is 83.0 cm³/mol. The number of nitrogens with zero attached hydrogens (tertiary/aromatic N) is 1. The first-order valence-corrected chi connectivity index (χ1v) is 7.43. The standard InChI is InChI=1S/C16H16N2O2S/c1-12(14-7-2-4-10-17-14)18-16(20)15-9-8-13(21-15)6-3-5-11-19/h2,4,7-10,12,19H,5,11H2,1H3,(H,18,20). The van der Waals surface area contributed by atoms with Crippen LogP contribution in [-0.4, -0.2) is 22.6 Å². The van der Waals surface area contributed by atoms with Crippen LogP contribution in [0.15, 0.2) is 36.5 Å². The molecule has 2 aromatic heterocycles. The van der Waals surface area contributed by atoms with E-state index in [1.165, 1.54) is 11.3 Å². The molecule has 4 nitrogen and oxygen atoms in total. The zero-order chi connectivity index (χ0) is 15.1. The van der Waals surface area contributed by atoms with Crippen LogP contribution in [0.2, 0.25) is 0 Å². The summed E-state index contributed by atoms with van der Waals surface area (Å²) in [5.41, 5.74) is 0.824. The average Bonchev–Trinajstić information content (AvgIpc) is 2.97. The summed E-state index contributed by atoms with van der Waals surface area (Å²) in [6, 6.07) is 9.04.